The lowest BCUT2D eigenvalue weighted by atomic mass is 9.35. The number of hydrogen-bond donors (Lipinski definition) is 1. The van der Waals surface area contributed by atoms with Gasteiger partial charge in [-0.1, -0.05) is 0 Å². The molecule has 3 aliphatic rings. The molecule has 0 radical (unpaired) electrons. The fourth-order valence-electron chi connectivity index (χ4n) is 2.72. The van der Waals surface area contributed by atoms with Crippen LogP contribution in [-0.2, 0) is 9.53 Å². The highest BCUT2D eigenvalue weighted by Crippen LogP contribution is 2.73. The van der Waals surface area contributed by atoms with Crippen LogP contribution < -0.4 is 0 Å². The Hall–Kier alpha value is -0.570. The highest BCUT2D eigenvalue weighted by atomic mass is 16.5. The van der Waals surface area contributed by atoms with E-state index in [4.69, 9.17) is 9.84 Å². The zero-order valence-electron chi connectivity index (χ0n) is 8.17. The van der Waals surface area contributed by atoms with E-state index in [0.29, 0.717) is 0 Å². The molecule has 0 spiro atoms. The van der Waals surface area contributed by atoms with Crippen LogP contribution >= 0.6 is 0 Å². The van der Waals surface area contributed by atoms with Gasteiger partial charge in [0.15, 0.2) is 0 Å². The lowest BCUT2D eigenvalue weighted by Crippen LogP contribution is -2.67. The van der Waals surface area contributed by atoms with Crippen LogP contribution in [0.25, 0.3) is 0 Å². The Morgan fingerprint density at radius 3 is 2.38 bits per heavy atom. The van der Waals surface area contributed by atoms with Crippen molar-refractivity contribution in [3.05, 3.63) is 0 Å². The van der Waals surface area contributed by atoms with Crippen LogP contribution in [0.5, 0.6) is 0 Å². The molecular formula is C10H16O3. The molecule has 1 N–H and O–H groups in total. The largest absolute Gasteiger partial charge is 0.481 e. The highest BCUT2D eigenvalue weighted by molar-refractivity contribution is 5.79. The van der Waals surface area contributed by atoms with Crippen molar-refractivity contribution in [1.29, 1.82) is 0 Å². The van der Waals surface area contributed by atoms with Crippen molar-refractivity contribution in [3.8, 4) is 0 Å². The fourth-order valence-corrected chi connectivity index (χ4v) is 2.72. The lowest BCUT2D eigenvalue weighted by molar-refractivity contribution is -0.242. The molecule has 0 amide bonds. The van der Waals surface area contributed by atoms with Gasteiger partial charge in [-0.05, 0) is 38.5 Å². The summed E-state index contributed by atoms with van der Waals surface area (Å²) in [5, 5.41) is 8.88. The monoisotopic (exact) mass is 184 g/mol. The molecule has 0 heterocycles. The smallest absolute Gasteiger partial charge is 0.309 e. The van der Waals surface area contributed by atoms with E-state index < -0.39 is 5.97 Å². The quantitative estimate of drug-likeness (QED) is 0.722. The number of carboxylic acid groups (broad SMARTS) is 1. The normalized spacial score (nSPS) is 41.2. The van der Waals surface area contributed by atoms with Crippen LogP contribution in [-0.4, -0.2) is 23.8 Å². The Morgan fingerprint density at radius 1 is 1.46 bits per heavy atom. The van der Waals surface area contributed by atoms with Crippen LogP contribution in [0.4, 0.5) is 0 Å². The van der Waals surface area contributed by atoms with Crippen molar-refractivity contribution in [3.63, 3.8) is 0 Å². The van der Waals surface area contributed by atoms with E-state index in [1.807, 2.05) is 13.8 Å². The molecule has 3 heteroatoms. The van der Waals surface area contributed by atoms with Gasteiger partial charge in [-0.15, -0.1) is 0 Å². The fraction of sp³-hybridized carbons (Fsp3) is 0.900. The van der Waals surface area contributed by atoms with Crippen molar-refractivity contribution in [2.24, 2.45) is 10.8 Å². The first-order chi connectivity index (χ1) is 5.98. The van der Waals surface area contributed by atoms with E-state index in [1.54, 1.807) is 0 Å². The maximum Gasteiger partial charge on any atom is 0.309 e. The first-order valence-electron chi connectivity index (χ1n) is 4.83. The van der Waals surface area contributed by atoms with Gasteiger partial charge in [-0.25, -0.2) is 0 Å². The Morgan fingerprint density at radius 2 is 2.00 bits per heavy atom. The molecule has 2 bridgehead atoms. The standard InChI is InChI=1S/C10H16O3/c1-7(2)13-6-9-3-10(4-9,5-9)8(11)12/h7H,3-6H2,1-2H3,(H,11,12). The highest BCUT2D eigenvalue weighted by Gasteiger charge is 2.71. The molecule has 0 unspecified atom stereocenters. The summed E-state index contributed by atoms with van der Waals surface area (Å²) < 4.78 is 5.52. The summed E-state index contributed by atoms with van der Waals surface area (Å²) in [4.78, 5) is 10.8. The predicted octanol–water partition coefficient (Wildman–Crippen LogP) is 1.67. The molecule has 3 nitrogen and oxygen atoms in total. The Bertz CT molecular complexity index is 225. The van der Waals surface area contributed by atoms with Crippen molar-refractivity contribution in [1.82, 2.24) is 0 Å². The molecule has 0 aromatic rings. The van der Waals surface area contributed by atoms with E-state index in [9.17, 15) is 4.79 Å². The van der Waals surface area contributed by atoms with E-state index in [2.05, 4.69) is 0 Å². The average molecular weight is 184 g/mol. The van der Waals surface area contributed by atoms with Crippen LogP contribution in [0.15, 0.2) is 0 Å². The molecule has 3 saturated carbocycles. The Kier molecular flexibility index (Phi) is 1.71. The molecule has 0 aliphatic heterocycles. The van der Waals surface area contributed by atoms with Gasteiger partial charge in [-0.2, -0.15) is 0 Å². The zero-order chi connectivity index (χ0) is 9.69. The third-order valence-corrected chi connectivity index (χ3v) is 3.32. The number of hydrogen-bond acceptors (Lipinski definition) is 2. The first kappa shape index (κ1) is 9.00. The van der Waals surface area contributed by atoms with Gasteiger partial charge in [0, 0.05) is 0 Å². The Labute approximate surface area is 78.1 Å². The average Bonchev–Trinajstić information content (AvgIpc) is 1.79. The summed E-state index contributed by atoms with van der Waals surface area (Å²) in [5.41, 5.74) is -0.108. The zero-order valence-corrected chi connectivity index (χ0v) is 8.17. The van der Waals surface area contributed by atoms with Gasteiger partial charge in [0.2, 0.25) is 0 Å². The number of carboxylic acids is 1. The molecule has 3 fully saturated rings. The molecular weight excluding hydrogens is 168 g/mol. The predicted molar refractivity (Wildman–Crippen MR) is 47.4 cm³/mol. The minimum absolute atomic E-state index is 0.239. The summed E-state index contributed by atoms with van der Waals surface area (Å²) in [6, 6.07) is 0. The van der Waals surface area contributed by atoms with Gasteiger partial charge < -0.3 is 9.84 Å². The van der Waals surface area contributed by atoms with Crippen molar-refractivity contribution in [2.75, 3.05) is 6.61 Å². The van der Waals surface area contributed by atoms with E-state index in [-0.39, 0.29) is 16.9 Å². The SMILES string of the molecule is CC(C)OCC12CC(C(=O)O)(C1)C2. The molecule has 0 atom stereocenters. The van der Waals surface area contributed by atoms with E-state index in [1.165, 1.54) is 0 Å². The Balaban J connectivity index is 1.80. The number of ether oxygens (including phenoxy) is 1. The first-order valence-corrected chi connectivity index (χ1v) is 4.83. The van der Waals surface area contributed by atoms with Crippen molar-refractivity contribution >= 4 is 5.97 Å². The minimum atomic E-state index is -0.612. The molecule has 3 rings (SSSR count). The topological polar surface area (TPSA) is 46.5 Å². The molecule has 0 saturated heterocycles. The second kappa shape index (κ2) is 2.47. The van der Waals surface area contributed by atoms with Gasteiger partial charge >= 0.3 is 5.97 Å². The lowest BCUT2D eigenvalue weighted by Gasteiger charge is -2.68. The number of carbonyl (C=O) groups is 1. The van der Waals surface area contributed by atoms with Crippen LogP contribution in [0, 0.1) is 10.8 Å². The second-order valence-corrected chi connectivity index (χ2v) is 4.98. The van der Waals surface area contributed by atoms with Crippen LogP contribution in [0.3, 0.4) is 0 Å². The number of rotatable bonds is 4. The van der Waals surface area contributed by atoms with Crippen LogP contribution in [0.2, 0.25) is 0 Å². The third-order valence-electron chi connectivity index (χ3n) is 3.32. The molecule has 0 aromatic heterocycles. The summed E-state index contributed by atoms with van der Waals surface area (Å²) in [6.07, 6.45) is 2.77. The minimum Gasteiger partial charge on any atom is -0.481 e. The summed E-state index contributed by atoms with van der Waals surface area (Å²) in [6.45, 7) is 4.77. The van der Waals surface area contributed by atoms with E-state index >= 15 is 0 Å². The summed E-state index contributed by atoms with van der Waals surface area (Å²) in [5.74, 6) is -0.612. The van der Waals surface area contributed by atoms with Gasteiger partial charge in [0.25, 0.3) is 0 Å². The van der Waals surface area contributed by atoms with Gasteiger partial charge in [-0.3, -0.25) is 4.79 Å². The summed E-state index contributed by atoms with van der Waals surface area (Å²) in [7, 11) is 0. The number of aliphatic carboxylic acids is 1. The maximum atomic E-state index is 10.8. The van der Waals surface area contributed by atoms with E-state index in [0.717, 1.165) is 25.9 Å². The summed E-state index contributed by atoms with van der Waals surface area (Å²) >= 11 is 0. The molecule has 0 aromatic carbocycles. The van der Waals surface area contributed by atoms with Crippen molar-refractivity contribution in [2.45, 2.75) is 39.2 Å². The molecule has 74 valence electrons. The van der Waals surface area contributed by atoms with Crippen molar-refractivity contribution < 1.29 is 14.6 Å². The second-order valence-electron chi connectivity index (χ2n) is 4.98. The maximum absolute atomic E-state index is 10.8. The van der Waals surface area contributed by atoms with Gasteiger partial charge in [0.05, 0.1) is 18.1 Å². The third kappa shape index (κ3) is 1.17. The molecule has 13 heavy (non-hydrogen) atoms. The molecule has 3 aliphatic carbocycles. The van der Waals surface area contributed by atoms with Gasteiger partial charge in [0.1, 0.15) is 0 Å². The van der Waals surface area contributed by atoms with Crippen LogP contribution in [0.1, 0.15) is 33.1 Å².